The fourth-order valence-corrected chi connectivity index (χ4v) is 1.12. The van der Waals surface area contributed by atoms with Gasteiger partial charge in [-0.15, -0.1) is 0 Å². The van der Waals surface area contributed by atoms with E-state index in [1.54, 1.807) is 43.3 Å². The van der Waals surface area contributed by atoms with Crippen molar-refractivity contribution in [1.82, 2.24) is 4.90 Å². The Balaban J connectivity index is 2.88. The van der Waals surface area contributed by atoms with E-state index in [4.69, 9.17) is 10.5 Å². The quantitative estimate of drug-likeness (QED) is 0.476. The number of hydrogen-bond acceptors (Lipinski definition) is 4. The van der Waals surface area contributed by atoms with E-state index in [0.717, 1.165) is 0 Å². The van der Waals surface area contributed by atoms with Crippen LogP contribution in [0.4, 0.5) is 5.69 Å². The van der Waals surface area contributed by atoms with E-state index in [1.165, 1.54) is 13.0 Å². The monoisotopic (exact) mass is 220 g/mol. The van der Waals surface area contributed by atoms with Gasteiger partial charge in [0.1, 0.15) is 5.75 Å². The molecule has 0 bridgehead atoms. The van der Waals surface area contributed by atoms with Crippen molar-refractivity contribution in [3.8, 4) is 5.75 Å². The predicted molar refractivity (Wildman–Crippen MR) is 63.9 cm³/mol. The number of anilines is 1. The van der Waals surface area contributed by atoms with Gasteiger partial charge in [0.25, 0.3) is 0 Å². The largest absolute Gasteiger partial charge is 0.441 e. The molecule has 2 N–H and O–H groups in total. The van der Waals surface area contributed by atoms with Crippen LogP contribution < -0.4 is 10.5 Å². The summed E-state index contributed by atoms with van der Waals surface area (Å²) in [4.78, 5) is 12.7. The van der Waals surface area contributed by atoms with E-state index >= 15 is 0 Å². The number of hydrogen-bond donors (Lipinski definition) is 1. The minimum Gasteiger partial charge on any atom is -0.441 e. The van der Waals surface area contributed by atoms with Gasteiger partial charge in [-0.1, -0.05) is 6.07 Å². The molecule has 86 valence electrons. The van der Waals surface area contributed by atoms with Gasteiger partial charge >= 0.3 is 0 Å². The molecule has 0 unspecified atom stereocenters. The zero-order valence-corrected chi connectivity index (χ0v) is 9.73. The summed E-state index contributed by atoms with van der Waals surface area (Å²) in [6, 6.07) is 7.06. The fraction of sp³-hybridized carbons (Fsp3) is 0.250. The van der Waals surface area contributed by atoms with Crippen LogP contribution in [0.15, 0.2) is 36.2 Å². The first kappa shape index (κ1) is 12.1. The number of allylic oxidation sites excluding steroid dienone is 1. The molecule has 1 rings (SSSR count). The molecular formula is C12H16N2O2. The molecule has 0 aliphatic heterocycles. The molecule has 4 heteroatoms. The van der Waals surface area contributed by atoms with Crippen LogP contribution in [-0.4, -0.2) is 24.8 Å². The lowest BCUT2D eigenvalue weighted by Gasteiger charge is -2.17. The molecule has 1 aromatic rings. The maximum Gasteiger partial charge on any atom is 0.199 e. The van der Waals surface area contributed by atoms with E-state index in [9.17, 15) is 4.79 Å². The first-order valence-electron chi connectivity index (χ1n) is 4.92. The number of nitrogens with zero attached hydrogens (tertiary/aromatic N) is 1. The highest BCUT2D eigenvalue weighted by atomic mass is 16.5. The predicted octanol–water partition coefficient (Wildman–Crippen LogP) is 1.64. The maximum atomic E-state index is 11.0. The van der Waals surface area contributed by atoms with Crippen molar-refractivity contribution >= 4 is 11.5 Å². The van der Waals surface area contributed by atoms with Gasteiger partial charge < -0.3 is 15.4 Å². The molecule has 0 amide bonds. The molecule has 0 saturated carbocycles. The SMILES string of the molecule is CC(=O)/C=C(/Oc1cccc(N)c1)N(C)C. The lowest BCUT2D eigenvalue weighted by molar-refractivity contribution is -0.112. The third-order valence-corrected chi connectivity index (χ3v) is 1.85. The second-order valence-corrected chi connectivity index (χ2v) is 3.66. The molecule has 0 aliphatic carbocycles. The molecule has 0 aliphatic rings. The average Bonchev–Trinajstić information content (AvgIpc) is 2.15. The van der Waals surface area contributed by atoms with Gasteiger partial charge in [0.05, 0.1) is 0 Å². The molecule has 0 heterocycles. The molecule has 0 radical (unpaired) electrons. The Hall–Kier alpha value is -1.97. The number of carbonyl (C=O) groups is 1. The first-order valence-corrected chi connectivity index (χ1v) is 4.92. The molecule has 0 fully saturated rings. The molecule has 16 heavy (non-hydrogen) atoms. The first-order chi connectivity index (χ1) is 7.49. The number of nitrogen functional groups attached to an aromatic ring is 1. The second-order valence-electron chi connectivity index (χ2n) is 3.66. The molecule has 4 nitrogen and oxygen atoms in total. The van der Waals surface area contributed by atoms with Crippen LogP contribution in [-0.2, 0) is 4.79 Å². The highest BCUT2D eigenvalue weighted by Crippen LogP contribution is 2.17. The number of nitrogens with two attached hydrogens (primary N) is 1. The summed E-state index contributed by atoms with van der Waals surface area (Å²) < 4.78 is 5.55. The summed E-state index contributed by atoms with van der Waals surface area (Å²) >= 11 is 0. The summed E-state index contributed by atoms with van der Waals surface area (Å²) in [5.74, 6) is 1.03. The van der Waals surface area contributed by atoms with Crippen LogP contribution in [0.2, 0.25) is 0 Å². The van der Waals surface area contributed by atoms with Crippen molar-refractivity contribution in [2.75, 3.05) is 19.8 Å². The Morgan fingerprint density at radius 2 is 2.12 bits per heavy atom. The summed E-state index contributed by atoms with van der Waals surface area (Å²) in [7, 11) is 3.61. The van der Waals surface area contributed by atoms with Crippen LogP contribution in [0, 0.1) is 0 Å². The van der Waals surface area contributed by atoms with Crippen molar-refractivity contribution in [2.45, 2.75) is 6.92 Å². The van der Waals surface area contributed by atoms with Crippen LogP contribution in [0.1, 0.15) is 6.92 Å². The highest BCUT2D eigenvalue weighted by Gasteiger charge is 2.04. The Morgan fingerprint density at radius 1 is 1.44 bits per heavy atom. The number of carbonyl (C=O) groups excluding carboxylic acids is 1. The average molecular weight is 220 g/mol. The van der Waals surface area contributed by atoms with Crippen molar-refractivity contribution in [2.24, 2.45) is 0 Å². The van der Waals surface area contributed by atoms with Crippen molar-refractivity contribution < 1.29 is 9.53 Å². The van der Waals surface area contributed by atoms with Gasteiger partial charge in [-0.25, -0.2) is 0 Å². The zero-order chi connectivity index (χ0) is 12.1. The smallest absolute Gasteiger partial charge is 0.199 e. The zero-order valence-electron chi connectivity index (χ0n) is 9.73. The van der Waals surface area contributed by atoms with Gasteiger partial charge in [-0.2, -0.15) is 0 Å². The summed E-state index contributed by atoms with van der Waals surface area (Å²) in [5, 5.41) is 0. The topological polar surface area (TPSA) is 55.6 Å². The Kier molecular flexibility index (Phi) is 3.94. The van der Waals surface area contributed by atoms with Gasteiger partial charge in [-0.05, 0) is 19.1 Å². The van der Waals surface area contributed by atoms with Gasteiger partial charge in [0.2, 0.25) is 0 Å². The molecule has 0 aromatic heterocycles. The molecule has 0 atom stereocenters. The molecular weight excluding hydrogens is 204 g/mol. The van der Waals surface area contributed by atoms with Crippen molar-refractivity contribution in [3.05, 3.63) is 36.2 Å². The van der Waals surface area contributed by atoms with E-state index < -0.39 is 0 Å². The van der Waals surface area contributed by atoms with Crippen molar-refractivity contribution in [3.63, 3.8) is 0 Å². The molecule has 0 spiro atoms. The van der Waals surface area contributed by atoms with E-state index in [2.05, 4.69) is 0 Å². The molecule has 1 aromatic carbocycles. The van der Waals surface area contributed by atoms with Crippen LogP contribution in [0.5, 0.6) is 5.75 Å². The Labute approximate surface area is 95.3 Å². The van der Waals surface area contributed by atoms with Gasteiger partial charge in [-0.3, -0.25) is 4.79 Å². The number of ketones is 1. The lowest BCUT2D eigenvalue weighted by atomic mass is 10.3. The third-order valence-electron chi connectivity index (χ3n) is 1.85. The van der Waals surface area contributed by atoms with Crippen LogP contribution in [0.3, 0.4) is 0 Å². The normalized spacial score (nSPS) is 11.1. The lowest BCUT2D eigenvalue weighted by Crippen LogP contribution is -2.17. The summed E-state index contributed by atoms with van der Waals surface area (Å²) in [5.41, 5.74) is 6.26. The van der Waals surface area contributed by atoms with E-state index in [0.29, 0.717) is 17.3 Å². The van der Waals surface area contributed by atoms with Crippen LogP contribution in [0.25, 0.3) is 0 Å². The molecule has 0 saturated heterocycles. The maximum absolute atomic E-state index is 11.0. The Bertz CT molecular complexity index is 411. The standard InChI is InChI=1S/C12H16N2O2/c1-9(15)7-12(14(2)3)16-11-6-4-5-10(13)8-11/h4-8H,13H2,1-3H3/b12-7+. The minimum atomic E-state index is -0.0624. The van der Waals surface area contributed by atoms with Gasteiger partial charge in [0.15, 0.2) is 11.7 Å². The Morgan fingerprint density at radius 3 is 2.62 bits per heavy atom. The van der Waals surface area contributed by atoms with Crippen LogP contribution >= 0.6 is 0 Å². The van der Waals surface area contributed by atoms with Crippen molar-refractivity contribution in [1.29, 1.82) is 0 Å². The summed E-state index contributed by atoms with van der Waals surface area (Å²) in [6.45, 7) is 1.48. The third kappa shape index (κ3) is 3.65. The number of benzene rings is 1. The fourth-order valence-electron chi connectivity index (χ4n) is 1.12. The summed E-state index contributed by atoms with van der Waals surface area (Å²) in [6.07, 6.45) is 1.43. The number of rotatable bonds is 4. The van der Waals surface area contributed by atoms with Gasteiger partial charge in [0, 0.05) is 31.9 Å². The van der Waals surface area contributed by atoms with E-state index in [-0.39, 0.29) is 5.78 Å². The minimum absolute atomic E-state index is 0.0624. The van der Waals surface area contributed by atoms with E-state index in [1.807, 2.05) is 0 Å². The second kappa shape index (κ2) is 5.21. The highest BCUT2D eigenvalue weighted by molar-refractivity contribution is 5.87. The number of ether oxygens (including phenoxy) is 1.